The molecule has 0 bridgehead atoms. The highest BCUT2D eigenvalue weighted by Gasteiger charge is 2.24. The molecule has 2 heterocycles. The number of furan rings is 1. The van der Waals surface area contributed by atoms with Crippen molar-refractivity contribution in [3.63, 3.8) is 0 Å². The molecule has 0 radical (unpaired) electrons. The largest absolute Gasteiger partial charge is 0.481 e. The van der Waals surface area contributed by atoms with Gasteiger partial charge in [-0.1, -0.05) is 0 Å². The van der Waals surface area contributed by atoms with Crippen molar-refractivity contribution in [1.29, 1.82) is 0 Å². The number of carboxylic acid groups (broad SMARTS) is 1. The number of ether oxygens (including phenoxy) is 1. The standard InChI is InChI=1S/C13H15NO5/c15-12(4-3-10-2-1-6-18-10)14-5-7-19-11(9-14)8-13(16)17/h1-4,6,11H,5,7-9H2,(H,16,17)/b4-3+. The second-order valence-electron chi connectivity index (χ2n) is 4.22. The molecule has 2 rings (SSSR count). The van der Waals surface area contributed by atoms with Crippen LogP contribution in [0.3, 0.4) is 0 Å². The van der Waals surface area contributed by atoms with Crippen LogP contribution >= 0.6 is 0 Å². The third-order valence-corrected chi connectivity index (χ3v) is 2.79. The molecule has 1 saturated heterocycles. The lowest BCUT2D eigenvalue weighted by molar-refractivity contribution is -0.145. The van der Waals surface area contributed by atoms with Crippen LogP contribution in [0, 0.1) is 0 Å². The van der Waals surface area contributed by atoms with E-state index in [0.717, 1.165) is 0 Å². The van der Waals surface area contributed by atoms with E-state index in [1.165, 1.54) is 12.3 Å². The fourth-order valence-corrected chi connectivity index (χ4v) is 1.88. The molecule has 0 saturated carbocycles. The lowest BCUT2D eigenvalue weighted by Crippen LogP contribution is -2.45. The smallest absolute Gasteiger partial charge is 0.306 e. The van der Waals surface area contributed by atoms with Crippen molar-refractivity contribution in [2.24, 2.45) is 0 Å². The van der Waals surface area contributed by atoms with Crippen LogP contribution in [0.15, 0.2) is 28.9 Å². The van der Waals surface area contributed by atoms with Crippen molar-refractivity contribution in [3.05, 3.63) is 30.2 Å². The van der Waals surface area contributed by atoms with Crippen LogP contribution in [0.5, 0.6) is 0 Å². The Hall–Kier alpha value is -2.08. The zero-order valence-electron chi connectivity index (χ0n) is 10.3. The summed E-state index contributed by atoms with van der Waals surface area (Å²) in [5.41, 5.74) is 0. The van der Waals surface area contributed by atoms with Crippen molar-refractivity contribution < 1.29 is 23.8 Å². The molecule has 102 valence electrons. The molecule has 1 aromatic rings. The minimum Gasteiger partial charge on any atom is -0.481 e. The first-order valence-corrected chi connectivity index (χ1v) is 5.99. The van der Waals surface area contributed by atoms with E-state index >= 15 is 0 Å². The molecule has 1 atom stereocenters. The highest BCUT2D eigenvalue weighted by Crippen LogP contribution is 2.10. The third kappa shape index (κ3) is 3.96. The van der Waals surface area contributed by atoms with Gasteiger partial charge >= 0.3 is 5.97 Å². The average molecular weight is 265 g/mol. The van der Waals surface area contributed by atoms with Crippen molar-refractivity contribution >= 4 is 18.0 Å². The number of hydrogen-bond donors (Lipinski definition) is 1. The molecule has 1 aliphatic heterocycles. The average Bonchev–Trinajstić information content (AvgIpc) is 2.88. The number of carboxylic acids is 1. The topological polar surface area (TPSA) is 80.0 Å². The summed E-state index contributed by atoms with van der Waals surface area (Å²) in [4.78, 5) is 24.1. The van der Waals surface area contributed by atoms with E-state index in [-0.39, 0.29) is 12.3 Å². The molecule has 0 spiro atoms. The van der Waals surface area contributed by atoms with Gasteiger partial charge in [0.1, 0.15) is 5.76 Å². The van der Waals surface area contributed by atoms with E-state index < -0.39 is 12.1 Å². The van der Waals surface area contributed by atoms with Crippen LogP contribution in [-0.4, -0.2) is 47.7 Å². The third-order valence-electron chi connectivity index (χ3n) is 2.79. The fraction of sp³-hybridized carbons (Fsp3) is 0.385. The van der Waals surface area contributed by atoms with Gasteiger partial charge in [0.15, 0.2) is 0 Å². The van der Waals surface area contributed by atoms with Gasteiger partial charge in [-0.2, -0.15) is 0 Å². The monoisotopic (exact) mass is 265 g/mol. The predicted octanol–water partition coefficient (Wildman–Crippen LogP) is 0.995. The molecule has 0 aromatic carbocycles. The first-order chi connectivity index (χ1) is 9.15. The molecule has 6 heteroatoms. The Bertz CT molecular complexity index is 465. The molecule has 1 fully saturated rings. The van der Waals surface area contributed by atoms with E-state index in [1.807, 2.05) is 0 Å². The van der Waals surface area contributed by atoms with E-state index in [2.05, 4.69) is 0 Å². The zero-order chi connectivity index (χ0) is 13.7. The number of rotatable bonds is 4. The van der Waals surface area contributed by atoms with Crippen molar-refractivity contribution in [2.45, 2.75) is 12.5 Å². The summed E-state index contributed by atoms with van der Waals surface area (Å²) in [6.45, 7) is 1.13. The Morgan fingerprint density at radius 1 is 1.53 bits per heavy atom. The maximum absolute atomic E-state index is 11.9. The minimum absolute atomic E-state index is 0.0916. The number of carbonyl (C=O) groups excluding carboxylic acids is 1. The highest BCUT2D eigenvalue weighted by atomic mass is 16.5. The number of carbonyl (C=O) groups is 2. The number of aliphatic carboxylic acids is 1. The van der Waals surface area contributed by atoms with Gasteiger partial charge in [-0.05, 0) is 18.2 Å². The first-order valence-electron chi connectivity index (χ1n) is 5.99. The SMILES string of the molecule is O=C(O)CC1CN(C(=O)/C=C/c2ccco2)CCO1. The lowest BCUT2D eigenvalue weighted by atomic mass is 10.2. The molecule has 1 unspecified atom stereocenters. The zero-order valence-corrected chi connectivity index (χ0v) is 10.3. The molecule has 1 aromatic heterocycles. The van der Waals surface area contributed by atoms with E-state index in [9.17, 15) is 9.59 Å². The molecule has 0 aliphatic carbocycles. The van der Waals surface area contributed by atoms with Crippen molar-refractivity contribution in [1.82, 2.24) is 4.90 Å². The van der Waals surface area contributed by atoms with Crippen molar-refractivity contribution in [3.8, 4) is 0 Å². The van der Waals surface area contributed by atoms with Gasteiger partial charge in [0, 0.05) is 19.2 Å². The Morgan fingerprint density at radius 3 is 3.05 bits per heavy atom. The summed E-state index contributed by atoms with van der Waals surface area (Å²) in [6.07, 6.45) is 4.01. The molecule has 1 aliphatic rings. The van der Waals surface area contributed by atoms with Gasteiger partial charge in [0.25, 0.3) is 0 Å². The van der Waals surface area contributed by atoms with Gasteiger partial charge in [-0.15, -0.1) is 0 Å². The number of amides is 1. The molecule has 6 nitrogen and oxygen atoms in total. The maximum atomic E-state index is 11.9. The minimum atomic E-state index is -0.926. The van der Waals surface area contributed by atoms with E-state index in [1.54, 1.807) is 23.1 Å². The van der Waals surface area contributed by atoms with Crippen LogP contribution < -0.4 is 0 Å². The summed E-state index contributed by atoms with van der Waals surface area (Å²) in [5, 5.41) is 8.71. The van der Waals surface area contributed by atoms with Crippen LogP contribution in [0.2, 0.25) is 0 Å². The summed E-state index contributed by atoms with van der Waals surface area (Å²) in [7, 11) is 0. The van der Waals surface area contributed by atoms with Gasteiger partial charge < -0.3 is 19.2 Å². The molecular weight excluding hydrogens is 250 g/mol. The normalized spacial score (nSPS) is 19.8. The summed E-state index contributed by atoms with van der Waals surface area (Å²) in [5.74, 6) is -0.496. The second kappa shape index (κ2) is 6.19. The van der Waals surface area contributed by atoms with E-state index in [0.29, 0.717) is 25.5 Å². The van der Waals surface area contributed by atoms with Crippen LogP contribution in [0.4, 0.5) is 0 Å². The molecule has 1 amide bonds. The first kappa shape index (κ1) is 13.4. The summed E-state index contributed by atoms with van der Waals surface area (Å²) >= 11 is 0. The van der Waals surface area contributed by atoms with Crippen molar-refractivity contribution in [2.75, 3.05) is 19.7 Å². The number of nitrogens with zero attached hydrogens (tertiary/aromatic N) is 1. The highest BCUT2D eigenvalue weighted by molar-refractivity contribution is 5.91. The van der Waals surface area contributed by atoms with Gasteiger partial charge in [-0.3, -0.25) is 9.59 Å². The summed E-state index contributed by atoms with van der Waals surface area (Å²) < 4.78 is 10.4. The van der Waals surface area contributed by atoms with Crippen LogP contribution in [-0.2, 0) is 14.3 Å². The quantitative estimate of drug-likeness (QED) is 0.821. The number of hydrogen-bond acceptors (Lipinski definition) is 4. The second-order valence-corrected chi connectivity index (χ2v) is 4.22. The predicted molar refractivity (Wildman–Crippen MR) is 66.3 cm³/mol. The Labute approximate surface area is 110 Å². The maximum Gasteiger partial charge on any atom is 0.306 e. The fourth-order valence-electron chi connectivity index (χ4n) is 1.88. The number of morpholine rings is 1. The van der Waals surface area contributed by atoms with E-state index in [4.69, 9.17) is 14.3 Å². The Balaban J connectivity index is 1.90. The lowest BCUT2D eigenvalue weighted by Gasteiger charge is -2.31. The van der Waals surface area contributed by atoms with Gasteiger partial charge in [0.2, 0.25) is 5.91 Å². The molecule has 19 heavy (non-hydrogen) atoms. The van der Waals surface area contributed by atoms with Gasteiger partial charge in [-0.25, -0.2) is 0 Å². The van der Waals surface area contributed by atoms with Gasteiger partial charge in [0.05, 0.1) is 25.4 Å². The summed E-state index contributed by atoms with van der Waals surface area (Å²) in [6, 6.07) is 3.48. The molecular formula is C13H15NO5. The Kier molecular flexibility index (Phi) is 4.35. The molecule has 1 N–H and O–H groups in total. The van der Waals surface area contributed by atoms with Crippen LogP contribution in [0.25, 0.3) is 6.08 Å². The van der Waals surface area contributed by atoms with Crippen LogP contribution in [0.1, 0.15) is 12.2 Å². The Morgan fingerprint density at radius 2 is 2.37 bits per heavy atom.